The van der Waals surface area contributed by atoms with Gasteiger partial charge in [-0.15, -0.1) is 0 Å². The summed E-state index contributed by atoms with van der Waals surface area (Å²) in [6.45, 7) is 0.238. The molecule has 0 saturated carbocycles. The molecule has 0 aromatic heterocycles. The molecule has 0 spiro atoms. The molecule has 36 heavy (non-hydrogen) atoms. The molecule has 3 aromatic rings. The van der Waals surface area contributed by atoms with Crippen LogP contribution in [0.1, 0.15) is 5.56 Å². The molecular weight excluding hydrogens is 526 g/mol. The normalized spacial score (nSPS) is 14.8. The summed E-state index contributed by atoms with van der Waals surface area (Å²) in [6, 6.07) is 19.6. The fourth-order valence-electron chi connectivity index (χ4n) is 3.26. The monoisotopic (exact) mass is 545 g/mol. The molecule has 8 nitrogen and oxygen atoms in total. The minimum absolute atomic E-state index is 0.0443. The maximum atomic E-state index is 12.8. The molecule has 186 valence electrons. The van der Waals surface area contributed by atoms with Gasteiger partial charge in [0.05, 0.1) is 23.6 Å². The maximum Gasteiger partial charge on any atom is 0.339 e. The number of amides is 2. The lowest BCUT2D eigenvalue weighted by molar-refractivity contribution is -0.123. The van der Waals surface area contributed by atoms with Gasteiger partial charge in [0.2, 0.25) is 5.75 Å². The van der Waals surface area contributed by atoms with Gasteiger partial charge in [-0.2, -0.15) is 8.42 Å². The minimum atomic E-state index is -4.16. The molecule has 1 fully saturated rings. The van der Waals surface area contributed by atoms with E-state index in [0.717, 1.165) is 16.7 Å². The predicted octanol–water partition coefficient (Wildman–Crippen LogP) is 5.23. The van der Waals surface area contributed by atoms with Crippen LogP contribution in [0.2, 0.25) is 5.02 Å². The Labute approximate surface area is 217 Å². The lowest BCUT2D eigenvalue weighted by Gasteiger charge is -2.14. The number of ether oxygens (including phenoxy) is 2. The van der Waals surface area contributed by atoms with Gasteiger partial charge in [0.25, 0.3) is 11.1 Å². The molecule has 0 atom stereocenters. The van der Waals surface area contributed by atoms with E-state index in [2.05, 4.69) is 0 Å². The number of hydrogen-bond donors (Lipinski definition) is 0. The number of carbonyl (C=O) groups excluding carboxylic acids is 2. The van der Waals surface area contributed by atoms with E-state index in [1.807, 2.05) is 18.2 Å². The highest BCUT2D eigenvalue weighted by molar-refractivity contribution is 8.18. The van der Waals surface area contributed by atoms with Gasteiger partial charge in [-0.25, -0.2) is 0 Å². The second-order valence-corrected chi connectivity index (χ2v) is 10.3. The quantitative estimate of drug-likeness (QED) is 0.266. The van der Waals surface area contributed by atoms with Gasteiger partial charge >= 0.3 is 10.1 Å². The van der Waals surface area contributed by atoms with E-state index >= 15 is 0 Å². The second kappa shape index (κ2) is 11.1. The Morgan fingerprint density at radius 3 is 2.33 bits per heavy atom. The van der Waals surface area contributed by atoms with Crippen LogP contribution in [0.25, 0.3) is 6.08 Å². The van der Waals surface area contributed by atoms with Crippen molar-refractivity contribution in [3.05, 3.63) is 88.3 Å². The smallest absolute Gasteiger partial charge is 0.339 e. The van der Waals surface area contributed by atoms with Crippen molar-refractivity contribution in [1.82, 2.24) is 4.90 Å². The summed E-state index contributed by atoms with van der Waals surface area (Å²) in [5.41, 5.74) is 0.423. The molecule has 3 aromatic carbocycles. The van der Waals surface area contributed by atoms with E-state index in [-0.39, 0.29) is 39.5 Å². The fraction of sp³-hybridized carbons (Fsp3) is 0.120. The van der Waals surface area contributed by atoms with Gasteiger partial charge < -0.3 is 13.7 Å². The molecule has 4 rings (SSSR count). The van der Waals surface area contributed by atoms with Crippen LogP contribution < -0.4 is 13.7 Å². The van der Waals surface area contributed by atoms with E-state index in [1.165, 1.54) is 37.5 Å². The van der Waals surface area contributed by atoms with Crippen LogP contribution in [0.3, 0.4) is 0 Å². The van der Waals surface area contributed by atoms with E-state index in [1.54, 1.807) is 30.3 Å². The van der Waals surface area contributed by atoms with Crippen LogP contribution in [-0.4, -0.2) is 44.7 Å². The molecule has 0 N–H and O–H groups in total. The third kappa shape index (κ3) is 5.84. The van der Waals surface area contributed by atoms with Crippen molar-refractivity contribution in [1.29, 1.82) is 0 Å². The molecule has 1 aliphatic heterocycles. The van der Waals surface area contributed by atoms with Crippen LogP contribution >= 0.6 is 23.4 Å². The summed E-state index contributed by atoms with van der Waals surface area (Å²) in [5.74, 6) is 0.0251. The van der Waals surface area contributed by atoms with Crippen LogP contribution in [0.4, 0.5) is 4.79 Å². The van der Waals surface area contributed by atoms with Crippen LogP contribution in [-0.2, 0) is 14.9 Å². The Hall–Kier alpha value is -3.47. The number of carbonyl (C=O) groups is 2. The predicted molar refractivity (Wildman–Crippen MR) is 137 cm³/mol. The molecule has 0 radical (unpaired) electrons. The summed E-state index contributed by atoms with van der Waals surface area (Å²) in [7, 11) is -2.83. The summed E-state index contributed by atoms with van der Waals surface area (Å²) in [5, 5.41) is -0.467. The molecule has 2 amide bonds. The van der Waals surface area contributed by atoms with Gasteiger partial charge in [0, 0.05) is 0 Å². The molecular formula is C25H20ClNO7S2. The number of para-hydroxylation sites is 1. The average Bonchev–Trinajstić information content (AvgIpc) is 3.14. The first-order valence-corrected chi connectivity index (χ1v) is 13.2. The number of thioether (sulfide) groups is 1. The van der Waals surface area contributed by atoms with Crippen LogP contribution in [0, 0.1) is 0 Å². The first kappa shape index (κ1) is 25.6. The van der Waals surface area contributed by atoms with Crippen molar-refractivity contribution in [2.45, 2.75) is 4.90 Å². The lowest BCUT2D eigenvalue weighted by Crippen LogP contribution is -2.32. The maximum absolute atomic E-state index is 12.8. The number of benzene rings is 3. The van der Waals surface area contributed by atoms with Gasteiger partial charge in [0.1, 0.15) is 17.3 Å². The highest BCUT2D eigenvalue weighted by Crippen LogP contribution is 2.40. The highest BCUT2D eigenvalue weighted by atomic mass is 35.5. The molecule has 1 saturated heterocycles. The van der Waals surface area contributed by atoms with Crippen molar-refractivity contribution in [3.63, 3.8) is 0 Å². The Morgan fingerprint density at radius 1 is 1.00 bits per heavy atom. The van der Waals surface area contributed by atoms with Crippen molar-refractivity contribution in [3.8, 4) is 17.2 Å². The highest BCUT2D eigenvalue weighted by Gasteiger charge is 2.35. The minimum Gasteiger partial charge on any atom is -0.493 e. The van der Waals surface area contributed by atoms with E-state index in [4.69, 9.17) is 25.3 Å². The van der Waals surface area contributed by atoms with Gasteiger partial charge in [-0.3, -0.25) is 14.5 Å². The SMILES string of the molecule is COc1cc(/C=C2\SC(=O)N(CCOc3ccccc3)C2=O)cc(Cl)c1OS(=O)(=O)c1ccccc1. The standard InChI is InChI=1S/C25H20ClNO7S2/c1-32-21-15-17(14-20(26)23(21)34-36(30,31)19-10-6-3-7-11-19)16-22-24(28)27(25(29)35-22)12-13-33-18-8-4-2-5-9-18/h2-11,14-16H,12-13H2,1H3/b22-16-. The molecule has 1 aliphatic rings. The topological polar surface area (TPSA) is 99.2 Å². The zero-order valence-corrected chi connectivity index (χ0v) is 21.3. The molecule has 1 heterocycles. The zero-order chi connectivity index (χ0) is 25.7. The summed E-state index contributed by atoms with van der Waals surface area (Å²) in [6.07, 6.45) is 1.48. The molecule has 0 aliphatic carbocycles. The van der Waals surface area contributed by atoms with Gasteiger partial charge in [0.15, 0.2) is 5.75 Å². The van der Waals surface area contributed by atoms with Crippen molar-refractivity contribution >= 4 is 50.7 Å². The summed E-state index contributed by atoms with van der Waals surface area (Å²) < 4.78 is 41.4. The number of rotatable bonds is 9. The molecule has 0 bridgehead atoms. The third-order valence-electron chi connectivity index (χ3n) is 4.97. The summed E-state index contributed by atoms with van der Waals surface area (Å²) >= 11 is 7.11. The zero-order valence-electron chi connectivity index (χ0n) is 18.9. The Kier molecular flexibility index (Phi) is 7.88. The van der Waals surface area contributed by atoms with E-state index in [9.17, 15) is 18.0 Å². The number of imide groups is 1. The van der Waals surface area contributed by atoms with Gasteiger partial charge in [-0.05, 0) is 59.8 Å². The molecule has 11 heteroatoms. The Balaban J connectivity index is 1.51. The molecule has 0 unspecified atom stereocenters. The fourth-order valence-corrected chi connectivity index (χ4v) is 5.41. The first-order valence-electron chi connectivity index (χ1n) is 10.6. The van der Waals surface area contributed by atoms with E-state index in [0.29, 0.717) is 11.3 Å². The summed E-state index contributed by atoms with van der Waals surface area (Å²) in [4.78, 5) is 26.4. The Morgan fingerprint density at radius 2 is 1.67 bits per heavy atom. The van der Waals surface area contributed by atoms with Crippen molar-refractivity contribution in [2.24, 2.45) is 0 Å². The van der Waals surface area contributed by atoms with Crippen molar-refractivity contribution < 1.29 is 31.7 Å². The lowest BCUT2D eigenvalue weighted by atomic mass is 10.2. The first-order chi connectivity index (χ1) is 17.3. The van der Waals surface area contributed by atoms with Crippen molar-refractivity contribution in [2.75, 3.05) is 20.3 Å². The number of nitrogens with zero attached hydrogens (tertiary/aromatic N) is 1. The van der Waals surface area contributed by atoms with Gasteiger partial charge in [-0.1, -0.05) is 48.0 Å². The number of halogens is 1. The second-order valence-electron chi connectivity index (χ2n) is 7.38. The average molecular weight is 546 g/mol. The van der Waals surface area contributed by atoms with Crippen LogP contribution in [0.15, 0.2) is 82.6 Å². The largest absolute Gasteiger partial charge is 0.493 e. The Bertz CT molecular complexity index is 1410. The van der Waals surface area contributed by atoms with E-state index < -0.39 is 21.3 Å². The number of methoxy groups -OCH3 is 1. The third-order valence-corrected chi connectivity index (χ3v) is 7.40. The number of hydrogen-bond acceptors (Lipinski definition) is 8. The van der Waals surface area contributed by atoms with Crippen LogP contribution in [0.5, 0.6) is 17.2 Å².